The first kappa shape index (κ1) is 14.7. The van der Waals surface area contributed by atoms with Gasteiger partial charge in [-0.15, -0.1) is 0 Å². The van der Waals surface area contributed by atoms with Crippen LogP contribution in [0.3, 0.4) is 0 Å². The first-order valence-corrected chi connectivity index (χ1v) is 7.22. The van der Waals surface area contributed by atoms with Gasteiger partial charge in [-0.05, 0) is 53.0 Å². The van der Waals surface area contributed by atoms with Crippen molar-refractivity contribution in [3.8, 4) is 17.5 Å². The summed E-state index contributed by atoms with van der Waals surface area (Å²) in [5.74, 6) is 1.57. The van der Waals surface area contributed by atoms with E-state index in [1.807, 2.05) is 32.0 Å². The van der Waals surface area contributed by atoms with Gasteiger partial charge in [0.2, 0.25) is 11.8 Å². The lowest BCUT2D eigenvalue weighted by Gasteiger charge is -2.11. The van der Waals surface area contributed by atoms with Crippen molar-refractivity contribution in [3.63, 3.8) is 0 Å². The van der Waals surface area contributed by atoms with E-state index < -0.39 is 0 Å². The lowest BCUT2D eigenvalue weighted by atomic mass is 10.2. The van der Waals surface area contributed by atoms with Crippen LogP contribution >= 0.6 is 15.9 Å². The lowest BCUT2D eigenvalue weighted by Crippen LogP contribution is -2.02. The molecule has 2 N–H and O–H groups in total. The molecule has 0 saturated heterocycles. The zero-order valence-electron chi connectivity index (χ0n) is 11.5. The Kier molecular flexibility index (Phi) is 4.84. The maximum atomic E-state index is 5.82. The Balaban J connectivity index is 2.20. The highest BCUT2D eigenvalue weighted by atomic mass is 79.9. The van der Waals surface area contributed by atoms with Crippen molar-refractivity contribution in [2.75, 3.05) is 12.3 Å². The number of nitrogen functional groups attached to an aromatic ring is 1. The third-order valence-corrected chi connectivity index (χ3v) is 3.23. The van der Waals surface area contributed by atoms with Crippen LogP contribution in [-0.2, 0) is 0 Å². The minimum absolute atomic E-state index is 0.410. The molecular formula is C15H17BrN2O2. The predicted octanol–water partition coefficient (Wildman–Crippen LogP) is 4.32. The van der Waals surface area contributed by atoms with Crippen LogP contribution in [0.5, 0.6) is 17.5 Å². The molecule has 0 unspecified atom stereocenters. The first-order chi connectivity index (χ1) is 9.60. The van der Waals surface area contributed by atoms with Crippen LogP contribution < -0.4 is 15.2 Å². The largest absolute Gasteiger partial charge is 0.476 e. The van der Waals surface area contributed by atoms with E-state index in [0.29, 0.717) is 29.8 Å². The van der Waals surface area contributed by atoms with Gasteiger partial charge >= 0.3 is 0 Å². The quantitative estimate of drug-likeness (QED) is 0.883. The van der Waals surface area contributed by atoms with E-state index in [9.17, 15) is 0 Å². The minimum Gasteiger partial charge on any atom is -0.476 e. The van der Waals surface area contributed by atoms with Gasteiger partial charge in [0.05, 0.1) is 16.8 Å². The molecule has 0 aliphatic heterocycles. The Hall–Kier alpha value is -1.75. The summed E-state index contributed by atoms with van der Waals surface area (Å²) in [6.07, 6.45) is 0.899. The van der Waals surface area contributed by atoms with E-state index in [4.69, 9.17) is 15.2 Å². The molecule has 1 aromatic heterocycles. The molecule has 5 heteroatoms. The fourth-order valence-corrected chi connectivity index (χ4v) is 2.18. The lowest BCUT2D eigenvalue weighted by molar-refractivity contribution is 0.302. The van der Waals surface area contributed by atoms with Crippen LogP contribution in [-0.4, -0.2) is 11.6 Å². The Morgan fingerprint density at radius 1 is 1.25 bits per heavy atom. The molecule has 2 aromatic rings. The van der Waals surface area contributed by atoms with Gasteiger partial charge in [0.1, 0.15) is 5.75 Å². The standard InChI is InChI=1S/C15H17BrN2O2/c1-3-8-19-15-12(17)5-7-14(18-15)20-13-6-4-10(2)9-11(13)16/h4-7,9H,3,8,17H2,1-2H3. The van der Waals surface area contributed by atoms with Crippen LogP contribution in [0.4, 0.5) is 5.69 Å². The normalized spacial score (nSPS) is 10.3. The number of benzene rings is 1. The molecule has 2 rings (SSSR count). The number of aromatic nitrogens is 1. The van der Waals surface area contributed by atoms with Crippen LogP contribution in [0, 0.1) is 6.92 Å². The molecule has 0 aliphatic carbocycles. The van der Waals surface area contributed by atoms with Crippen LogP contribution in [0.15, 0.2) is 34.8 Å². The number of ether oxygens (including phenoxy) is 2. The molecule has 0 radical (unpaired) electrons. The molecule has 0 aliphatic rings. The minimum atomic E-state index is 0.410. The zero-order chi connectivity index (χ0) is 14.5. The van der Waals surface area contributed by atoms with Crippen molar-refractivity contribution in [3.05, 3.63) is 40.4 Å². The molecule has 20 heavy (non-hydrogen) atoms. The highest BCUT2D eigenvalue weighted by Gasteiger charge is 2.08. The Morgan fingerprint density at radius 2 is 2.05 bits per heavy atom. The van der Waals surface area contributed by atoms with Crippen molar-refractivity contribution < 1.29 is 9.47 Å². The number of hydrogen-bond acceptors (Lipinski definition) is 4. The highest BCUT2D eigenvalue weighted by molar-refractivity contribution is 9.10. The Morgan fingerprint density at radius 3 is 2.75 bits per heavy atom. The van der Waals surface area contributed by atoms with Crippen molar-refractivity contribution in [2.45, 2.75) is 20.3 Å². The van der Waals surface area contributed by atoms with Crippen molar-refractivity contribution >= 4 is 21.6 Å². The zero-order valence-corrected chi connectivity index (χ0v) is 13.1. The maximum absolute atomic E-state index is 5.82. The average Bonchev–Trinajstić information content (AvgIpc) is 2.42. The molecule has 1 heterocycles. The van der Waals surface area contributed by atoms with Crippen LogP contribution in [0.25, 0.3) is 0 Å². The second kappa shape index (κ2) is 6.61. The maximum Gasteiger partial charge on any atom is 0.240 e. The van der Waals surface area contributed by atoms with Crippen LogP contribution in [0.1, 0.15) is 18.9 Å². The van der Waals surface area contributed by atoms with Gasteiger partial charge in [-0.2, -0.15) is 4.98 Å². The summed E-state index contributed by atoms with van der Waals surface area (Å²) in [5, 5.41) is 0. The second-order valence-corrected chi connectivity index (χ2v) is 5.28. The number of hydrogen-bond donors (Lipinski definition) is 1. The summed E-state index contributed by atoms with van der Waals surface area (Å²) in [7, 11) is 0. The molecule has 1 aromatic carbocycles. The van der Waals surface area contributed by atoms with E-state index >= 15 is 0 Å². The first-order valence-electron chi connectivity index (χ1n) is 6.43. The summed E-state index contributed by atoms with van der Waals surface area (Å²) in [6, 6.07) is 9.31. The number of nitrogens with zero attached hydrogens (tertiary/aromatic N) is 1. The SMILES string of the molecule is CCCOc1nc(Oc2ccc(C)cc2Br)ccc1N. The number of nitrogens with two attached hydrogens (primary N) is 1. The summed E-state index contributed by atoms with van der Waals surface area (Å²) >= 11 is 3.47. The van der Waals surface area contributed by atoms with Gasteiger partial charge in [-0.1, -0.05) is 13.0 Å². The molecule has 0 bridgehead atoms. The molecular weight excluding hydrogens is 320 g/mol. The van der Waals surface area contributed by atoms with E-state index in [0.717, 1.165) is 16.5 Å². The Labute approximate surface area is 127 Å². The molecule has 0 spiro atoms. The fraction of sp³-hybridized carbons (Fsp3) is 0.267. The molecule has 4 nitrogen and oxygen atoms in total. The molecule has 0 atom stereocenters. The third-order valence-electron chi connectivity index (χ3n) is 2.61. The van der Waals surface area contributed by atoms with Gasteiger partial charge in [0.25, 0.3) is 0 Å². The number of anilines is 1. The van der Waals surface area contributed by atoms with E-state index in [1.54, 1.807) is 12.1 Å². The second-order valence-electron chi connectivity index (χ2n) is 4.43. The average molecular weight is 337 g/mol. The smallest absolute Gasteiger partial charge is 0.240 e. The van der Waals surface area contributed by atoms with E-state index in [1.165, 1.54) is 0 Å². The highest BCUT2D eigenvalue weighted by Crippen LogP contribution is 2.31. The van der Waals surface area contributed by atoms with Gasteiger partial charge in [0.15, 0.2) is 0 Å². The number of pyridine rings is 1. The Bertz CT molecular complexity index is 602. The number of rotatable bonds is 5. The van der Waals surface area contributed by atoms with Crippen molar-refractivity contribution in [1.29, 1.82) is 0 Å². The summed E-state index contributed by atoms with van der Waals surface area (Å²) < 4.78 is 12.1. The van der Waals surface area contributed by atoms with E-state index in [2.05, 4.69) is 20.9 Å². The van der Waals surface area contributed by atoms with Gasteiger partial charge < -0.3 is 15.2 Å². The topological polar surface area (TPSA) is 57.4 Å². The molecule has 106 valence electrons. The number of aryl methyl sites for hydroxylation is 1. The number of halogens is 1. The molecule has 0 amide bonds. The summed E-state index contributed by atoms with van der Waals surface area (Å²) in [4.78, 5) is 4.28. The van der Waals surface area contributed by atoms with Gasteiger partial charge in [-0.3, -0.25) is 0 Å². The molecule has 0 saturated carbocycles. The van der Waals surface area contributed by atoms with Gasteiger partial charge in [0, 0.05) is 6.07 Å². The van der Waals surface area contributed by atoms with Crippen LogP contribution in [0.2, 0.25) is 0 Å². The van der Waals surface area contributed by atoms with Crippen molar-refractivity contribution in [2.24, 2.45) is 0 Å². The summed E-state index contributed by atoms with van der Waals surface area (Å²) in [5.41, 5.74) is 7.48. The third kappa shape index (κ3) is 3.63. The summed E-state index contributed by atoms with van der Waals surface area (Å²) in [6.45, 7) is 4.63. The monoisotopic (exact) mass is 336 g/mol. The molecule has 0 fully saturated rings. The van der Waals surface area contributed by atoms with E-state index in [-0.39, 0.29) is 0 Å². The van der Waals surface area contributed by atoms with Crippen molar-refractivity contribution in [1.82, 2.24) is 4.98 Å². The predicted molar refractivity (Wildman–Crippen MR) is 83.4 cm³/mol. The van der Waals surface area contributed by atoms with Gasteiger partial charge in [-0.25, -0.2) is 0 Å². The fourth-order valence-electron chi connectivity index (χ4n) is 1.61.